The molecule has 2 amide bonds. The summed E-state index contributed by atoms with van der Waals surface area (Å²) in [6.07, 6.45) is 4.50. The Morgan fingerprint density at radius 2 is 2.38 bits per heavy atom. The molecule has 0 radical (unpaired) electrons. The molecule has 1 rings (SSSR count). The van der Waals surface area contributed by atoms with E-state index in [1.807, 2.05) is 12.3 Å². The van der Waals surface area contributed by atoms with Crippen molar-refractivity contribution in [1.29, 1.82) is 0 Å². The Morgan fingerprint density at radius 1 is 1.62 bits per heavy atom. The minimum absolute atomic E-state index is 0.555. The average molecular weight is 179 g/mol. The molecule has 0 aliphatic heterocycles. The van der Waals surface area contributed by atoms with E-state index in [1.54, 1.807) is 12.4 Å². The van der Waals surface area contributed by atoms with Crippen LogP contribution in [0.3, 0.4) is 0 Å². The fraction of sp³-hybridized carbons (Fsp3) is 0.143. The minimum atomic E-state index is -0.712. The fourth-order valence-electron chi connectivity index (χ4n) is 0.631. The molecule has 0 aliphatic carbocycles. The quantitative estimate of drug-likeness (QED) is 0.485. The molecule has 0 unspecified atom stereocenters. The molecule has 13 heavy (non-hydrogen) atoms. The Labute approximate surface area is 74.9 Å². The normalized spacial score (nSPS) is 10.2. The van der Waals surface area contributed by atoms with E-state index < -0.39 is 6.03 Å². The maximum atomic E-state index is 10.2. The highest BCUT2D eigenvalue weighted by molar-refractivity contribution is 5.78. The number of rotatable bonds is 2. The average Bonchev–Trinajstić information content (AvgIpc) is 2.08. The molecule has 0 fully saturated rings. The first kappa shape index (κ1) is 9.11. The number of hydrogen-bond acceptors (Lipinski definition) is 4. The molecule has 6 nitrogen and oxygen atoms in total. The number of nitrogens with zero attached hydrogens (tertiary/aromatic N) is 3. The molecular weight excluding hydrogens is 170 g/mol. The van der Waals surface area contributed by atoms with Crippen molar-refractivity contribution in [2.75, 3.05) is 0 Å². The highest BCUT2D eigenvalue weighted by atomic mass is 16.2. The molecule has 0 bridgehead atoms. The van der Waals surface area contributed by atoms with E-state index in [9.17, 15) is 4.79 Å². The molecule has 6 heteroatoms. The van der Waals surface area contributed by atoms with Crippen LogP contribution in [0.15, 0.2) is 17.5 Å². The van der Waals surface area contributed by atoms with Gasteiger partial charge in [-0.2, -0.15) is 5.10 Å². The van der Waals surface area contributed by atoms with Crippen LogP contribution in [-0.4, -0.2) is 22.2 Å². The topological polar surface area (TPSA) is 93.3 Å². The van der Waals surface area contributed by atoms with E-state index in [4.69, 9.17) is 5.73 Å². The Balaban J connectivity index is 2.59. The molecule has 1 heterocycles. The summed E-state index contributed by atoms with van der Waals surface area (Å²) in [5, 5.41) is 3.52. The number of hydrogen-bond donors (Lipinski definition) is 2. The second-order valence-corrected chi connectivity index (χ2v) is 2.32. The maximum Gasteiger partial charge on any atom is 0.332 e. The molecule has 0 saturated heterocycles. The highest BCUT2D eigenvalue weighted by Crippen LogP contribution is 1.89. The summed E-state index contributed by atoms with van der Waals surface area (Å²) in [5.41, 5.74) is 8.20. The third kappa shape index (κ3) is 3.28. The molecule has 0 aromatic carbocycles. The monoisotopic (exact) mass is 179 g/mol. The molecule has 0 atom stereocenters. The number of aryl methyl sites for hydroxylation is 1. The van der Waals surface area contributed by atoms with Gasteiger partial charge in [0.15, 0.2) is 0 Å². The van der Waals surface area contributed by atoms with Crippen LogP contribution in [0.25, 0.3) is 0 Å². The first-order valence-electron chi connectivity index (χ1n) is 3.55. The van der Waals surface area contributed by atoms with E-state index in [1.165, 1.54) is 6.21 Å². The number of nitrogens with one attached hydrogen (secondary N) is 1. The zero-order valence-electron chi connectivity index (χ0n) is 7.06. The van der Waals surface area contributed by atoms with Crippen LogP contribution in [0.2, 0.25) is 0 Å². The molecule has 0 spiro atoms. The van der Waals surface area contributed by atoms with Crippen LogP contribution in [0.1, 0.15) is 11.4 Å². The summed E-state index contributed by atoms with van der Waals surface area (Å²) in [7, 11) is 0. The summed E-state index contributed by atoms with van der Waals surface area (Å²) in [6, 6.07) is -0.712. The molecule has 1 aromatic rings. The van der Waals surface area contributed by atoms with Crippen LogP contribution in [0.4, 0.5) is 4.79 Å². The van der Waals surface area contributed by atoms with E-state index in [-0.39, 0.29) is 0 Å². The largest absolute Gasteiger partial charge is 0.350 e. The van der Waals surface area contributed by atoms with Gasteiger partial charge in [0, 0.05) is 6.20 Å². The smallest absolute Gasteiger partial charge is 0.332 e. The van der Waals surface area contributed by atoms with Gasteiger partial charge in [-0.25, -0.2) is 10.2 Å². The summed E-state index contributed by atoms with van der Waals surface area (Å²) >= 11 is 0. The zero-order valence-corrected chi connectivity index (χ0v) is 7.06. The van der Waals surface area contributed by atoms with Crippen molar-refractivity contribution in [2.24, 2.45) is 10.8 Å². The number of aromatic nitrogens is 2. The van der Waals surface area contributed by atoms with Crippen LogP contribution >= 0.6 is 0 Å². The van der Waals surface area contributed by atoms with Gasteiger partial charge < -0.3 is 5.73 Å². The number of amides is 2. The second-order valence-electron chi connectivity index (χ2n) is 2.32. The van der Waals surface area contributed by atoms with Crippen molar-refractivity contribution < 1.29 is 4.79 Å². The lowest BCUT2D eigenvalue weighted by atomic mass is 10.4. The first-order valence-corrected chi connectivity index (χ1v) is 3.55. The zero-order chi connectivity index (χ0) is 9.68. The number of carbonyl (C=O) groups excluding carboxylic acids is 1. The lowest BCUT2D eigenvalue weighted by Gasteiger charge is -1.92. The predicted octanol–water partition coefficient (Wildman–Crippen LogP) is -0.213. The van der Waals surface area contributed by atoms with Crippen molar-refractivity contribution in [1.82, 2.24) is 15.4 Å². The predicted molar refractivity (Wildman–Crippen MR) is 47.1 cm³/mol. The number of nitrogens with two attached hydrogens (primary N) is 1. The Bertz CT molecular complexity index is 318. The van der Waals surface area contributed by atoms with Crippen LogP contribution in [-0.2, 0) is 0 Å². The Morgan fingerprint density at radius 3 is 2.92 bits per heavy atom. The van der Waals surface area contributed by atoms with Crippen molar-refractivity contribution in [3.63, 3.8) is 0 Å². The van der Waals surface area contributed by atoms with Crippen molar-refractivity contribution >= 4 is 12.2 Å². The Kier molecular flexibility index (Phi) is 2.91. The number of carbonyl (C=O) groups is 1. The minimum Gasteiger partial charge on any atom is -0.350 e. The summed E-state index contributed by atoms with van der Waals surface area (Å²) < 4.78 is 0. The maximum absolute atomic E-state index is 10.2. The summed E-state index contributed by atoms with van der Waals surface area (Å²) in [6.45, 7) is 1.83. The van der Waals surface area contributed by atoms with E-state index in [2.05, 4.69) is 15.1 Å². The van der Waals surface area contributed by atoms with E-state index in [0.717, 1.165) is 5.69 Å². The van der Waals surface area contributed by atoms with Crippen molar-refractivity contribution in [3.05, 3.63) is 23.8 Å². The van der Waals surface area contributed by atoms with Gasteiger partial charge in [0.1, 0.15) is 5.69 Å². The van der Waals surface area contributed by atoms with Gasteiger partial charge in [-0.3, -0.25) is 9.97 Å². The van der Waals surface area contributed by atoms with Gasteiger partial charge in [-0.15, -0.1) is 0 Å². The lowest BCUT2D eigenvalue weighted by Crippen LogP contribution is -2.24. The molecule has 0 aliphatic rings. The molecule has 3 N–H and O–H groups in total. The highest BCUT2D eigenvalue weighted by Gasteiger charge is 1.90. The third-order valence-corrected chi connectivity index (χ3v) is 1.17. The summed E-state index contributed by atoms with van der Waals surface area (Å²) in [5.74, 6) is 0. The van der Waals surface area contributed by atoms with Gasteiger partial charge in [-0.05, 0) is 6.92 Å². The summed E-state index contributed by atoms with van der Waals surface area (Å²) in [4.78, 5) is 18.2. The van der Waals surface area contributed by atoms with Crippen molar-refractivity contribution in [2.45, 2.75) is 6.92 Å². The standard InChI is InChI=1S/C7H9N5O/c1-5-2-10-6(3-9-5)4-11-12-7(8)13/h2-4H,1H3,(H3,8,12,13)/b11-4+. The van der Waals surface area contributed by atoms with Crippen molar-refractivity contribution in [3.8, 4) is 0 Å². The number of urea groups is 1. The molecular formula is C7H9N5O. The van der Waals surface area contributed by atoms with Gasteiger partial charge in [0.2, 0.25) is 0 Å². The fourth-order valence-corrected chi connectivity index (χ4v) is 0.631. The van der Waals surface area contributed by atoms with Crippen LogP contribution in [0, 0.1) is 6.92 Å². The molecule has 1 aromatic heterocycles. The third-order valence-electron chi connectivity index (χ3n) is 1.17. The van der Waals surface area contributed by atoms with Gasteiger partial charge in [0.25, 0.3) is 0 Å². The van der Waals surface area contributed by atoms with Crippen LogP contribution < -0.4 is 11.2 Å². The van der Waals surface area contributed by atoms with E-state index in [0.29, 0.717) is 5.69 Å². The SMILES string of the molecule is Cc1cnc(/C=N/NC(N)=O)cn1. The first-order chi connectivity index (χ1) is 6.18. The molecule has 0 saturated carbocycles. The second kappa shape index (κ2) is 4.15. The van der Waals surface area contributed by atoms with E-state index >= 15 is 0 Å². The van der Waals surface area contributed by atoms with Gasteiger partial charge >= 0.3 is 6.03 Å². The number of hydrazone groups is 1. The van der Waals surface area contributed by atoms with Crippen LogP contribution in [0.5, 0.6) is 0 Å². The molecule has 68 valence electrons. The van der Waals surface area contributed by atoms with Gasteiger partial charge in [0.05, 0.1) is 18.1 Å². The van der Waals surface area contributed by atoms with Gasteiger partial charge in [-0.1, -0.05) is 0 Å². The Hall–Kier alpha value is -1.98. The lowest BCUT2D eigenvalue weighted by molar-refractivity contribution is 0.249. The number of primary amides is 1.